The van der Waals surface area contributed by atoms with E-state index in [9.17, 15) is 9.50 Å². The molecule has 2 atom stereocenters. The highest BCUT2D eigenvalue weighted by Gasteiger charge is 2.35. The normalized spacial score (nSPS) is 18.0. The van der Waals surface area contributed by atoms with Crippen LogP contribution < -0.4 is 9.47 Å². The van der Waals surface area contributed by atoms with Crippen molar-refractivity contribution >= 4 is 11.8 Å². The fourth-order valence-corrected chi connectivity index (χ4v) is 4.65. The van der Waals surface area contributed by atoms with Crippen molar-refractivity contribution in [2.45, 2.75) is 23.2 Å². The summed E-state index contributed by atoms with van der Waals surface area (Å²) >= 11 is 1.44. The minimum Gasteiger partial charge on any atom is -0.508 e. The summed E-state index contributed by atoms with van der Waals surface area (Å²) < 4.78 is 31.7. The molecule has 1 N–H and O–H groups in total. The van der Waals surface area contributed by atoms with Crippen molar-refractivity contribution in [2.24, 2.45) is 0 Å². The topological polar surface area (TPSA) is 47.9 Å². The van der Waals surface area contributed by atoms with Gasteiger partial charge in [0.1, 0.15) is 29.2 Å². The summed E-state index contributed by atoms with van der Waals surface area (Å²) in [7, 11) is 1.57. The van der Waals surface area contributed by atoms with E-state index in [2.05, 4.69) is 0 Å². The van der Waals surface area contributed by atoms with Crippen LogP contribution in [-0.4, -0.2) is 19.0 Å². The molecule has 0 aliphatic carbocycles. The van der Waals surface area contributed by atoms with Crippen LogP contribution in [0.25, 0.3) is 0 Å². The van der Waals surface area contributed by atoms with Crippen molar-refractivity contribution in [1.82, 2.24) is 0 Å². The summed E-state index contributed by atoms with van der Waals surface area (Å²) in [5.41, 5.74) is 2.43. The minimum absolute atomic E-state index is 0.149. The molecule has 1 aliphatic heterocycles. The van der Waals surface area contributed by atoms with Crippen LogP contribution in [0.15, 0.2) is 65.6 Å². The van der Waals surface area contributed by atoms with Crippen LogP contribution in [0.1, 0.15) is 28.0 Å². The van der Waals surface area contributed by atoms with Crippen LogP contribution >= 0.6 is 11.8 Å². The number of aromatic hydroxyl groups is 1. The predicted molar refractivity (Wildman–Crippen MR) is 110 cm³/mol. The summed E-state index contributed by atoms with van der Waals surface area (Å²) in [4.78, 5) is 0.508. The molecule has 4 nitrogen and oxygen atoms in total. The summed E-state index contributed by atoms with van der Waals surface area (Å²) in [5.74, 6) is 1.13. The van der Waals surface area contributed by atoms with Gasteiger partial charge in [0.05, 0.1) is 10.1 Å². The highest BCUT2D eigenvalue weighted by molar-refractivity contribution is 7.99. The maximum Gasteiger partial charge on any atom is 0.188 e. The first kappa shape index (κ1) is 19.6. The minimum atomic E-state index is -0.354. The molecule has 29 heavy (non-hydrogen) atoms. The van der Waals surface area contributed by atoms with E-state index in [0.717, 1.165) is 11.1 Å². The average Bonchev–Trinajstić information content (AvgIpc) is 2.75. The van der Waals surface area contributed by atoms with Gasteiger partial charge in [0.15, 0.2) is 6.79 Å². The third-order valence-electron chi connectivity index (χ3n) is 4.78. The lowest BCUT2D eigenvalue weighted by Gasteiger charge is -2.34. The number of rotatable bonds is 5. The Bertz CT molecular complexity index is 1010. The summed E-state index contributed by atoms with van der Waals surface area (Å²) in [6.45, 7) is 1.90. The second kappa shape index (κ2) is 8.35. The summed E-state index contributed by atoms with van der Waals surface area (Å²) in [6, 6.07) is 18.1. The molecule has 0 amide bonds. The molecule has 1 heterocycles. The Kier molecular flexibility index (Phi) is 5.65. The number of hydrogen-bond donors (Lipinski definition) is 1. The van der Waals surface area contributed by atoms with Gasteiger partial charge in [-0.05, 0) is 53.9 Å². The highest BCUT2D eigenvalue weighted by atomic mass is 32.2. The molecule has 1 aliphatic rings. The summed E-state index contributed by atoms with van der Waals surface area (Å²) in [5, 5.41) is 9.46. The number of benzene rings is 3. The zero-order valence-electron chi connectivity index (χ0n) is 16.1. The van der Waals surface area contributed by atoms with Gasteiger partial charge in [-0.3, -0.25) is 0 Å². The standard InChI is InChI=1S/C23H21FO4S/c1-14-6-11-19-23(20(14)24)29-22(16-4-3-5-18(12-16)27-13-26-2)21(28-19)15-7-9-17(25)10-8-15/h3-12,21-22,25H,13H2,1-2H3/t21-,22+/m0/s1. The number of fused-ring (bicyclic) bond motifs is 1. The molecule has 0 saturated carbocycles. The molecule has 0 unspecified atom stereocenters. The Labute approximate surface area is 173 Å². The molecule has 4 rings (SSSR count). The molecule has 0 fully saturated rings. The van der Waals surface area contributed by atoms with Crippen molar-refractivity contribution < 1.29 is 23.7 Å². The van der Waals surface area contributed by atoms with Crippen LogP contribution in [0.4, 0.5) is 4.39 Å². The van der Waals surface area contributed by atoms with E-state index in [-0.39, 0.29) is 29.7 Å². The van der Waals surface area contributed by atoms with Crippen LogP contribution in [-0.2, 0) is 4.74 Å². The van der Waals surface area contributed by atoms with Gasteiger partial charge in [0, 0.05) is 7.11 Å². The number of phenols is 1. The lowest BCUT2D eigenvalue weighted by Crippen LogP contribution is -2.20. The molecule has 0 aromatic heterocycles. The van der Waals surface area contributed by atoms with Gasteiger partial charge >= 0.3 is 0 Å². The zero-order chi connectivity index (χ0) is 20.4. The SMILES string of the molecule is COCOc1cccc([C@H]2Sc3c(ccc(C)c3F)O[C@H]2c2ccc(O)cc2)c1. The second-order valence-corrected chi connectivity index (χ2v) is 7.97. The zero-order valence-corrected chi connectivity index (χ0v) is 16.9. The van der Waals surface area contributed by atoms with E-state index in [4.69, 9.17) is 14.2 Å². The van der Waals surface area contributed by atoms with Crippen LogP contribution in [0, 0.1) is 12.7 Å². The van der Waals surface area contributed by atoms with Gasteiger partial charge in [0.25, 0.3) is 0 Å². The Morgan fingerprint density at radius 2 is 1.86 bits per heavy atom. The van der Waals surface area contributed by atoms with E-state index in [1.807, 2.05) is 42.5 Å². The Hall–Kier alpha value is -2.70. The van der Waals surface area contributed by atoms with E-state index < -0.39 is 0 Å². The molecule has 150 valence electrons. The number of halogens is 1. The fraction of sp³-hybridized carbons (Fsp3) is 0.217. The van der Waals surface area contributed by atoms with Crippen molar-refractivity contribution in [2.75, 3.05) is 13.9 Å². The van der Waals surface area contributed by atoms with Crippen molar-refractivity contribution in [3.05, 3.63) is 83.2 Å². The van der Waals surface area contributed by atoms with Gasteiger partial charge in [-0.25, -0.2) is 4.39 Å². The average molecular weight is 412 g/mol. The van der Waals surface area contributed by atoms with Gasteiger partial charge < -0.3 is 19.3 Å². The van der Waals surface area contributed by atoms with Gasteiger partial charge in [-0.15, -0.1) is 11.8 Å². The molecule has 0 saturated heterocycles. The van der Waals surface area contributed by atoms with Crippen LogP contribution in [0.5, 0.6) is 17.2 Å². The fourth-order valence-electron chi connectivity index (χ4n) is 3.28. The Balaban J connectivity index is 1.77. The largest absolute Gasteiger partial charge is 0.508 e. The van der Waals surface area contributed by atoms with E-state index in [1.54, 1.807) is 32.2 Å². The number of aryl methyl sites for hydroxylation is 1. The molecule has 0 radical (unpaired) electrons. The first-order valence-corrected chi connectivity index (χ1v) is 10.1. The molecule has 3 aromatic rings. The number of methoxy groups -OCH3 is 1. The Morgan fingerprint density at radius 3 is 2.62 bits per heavy atom. The first-order valence-electron chi connectivity index (χ1n) is 9.20. The second-order valence-electron chi connectivity index (χ2n) is 6.82. The van der Waals surface area contributed by atoms with Crippen molar-refractivity contribution in [3.63, 3.8) is 0 Å². The van der Waals surface area contributed by atoms with E-state index >= 15 is 0 Å². The maximum atomic E-state index is 14.8. The molecule has 0 spiro atoms. The molecule has 0 bridgehead atoms. The number of ether oxygens (including phenoxy) is 3. The molecule has 3 aromatic carbocycles. The lowest BCUT2D eigenvalue weighted by atomic mass is 9.99. The molecular weight excluding hydrogens is 391 g/mol. The number of thioether (sulfide) groups is 1. The number of hydrogen-bond acceptors (Lipinski definition) is 5. The third-order valence-corrected chi connectivity index (χ3v) is 6.17. The maximum absolute atomic E-state index is 14.8. The van der Waals surface area contributed by atoms with Crippen molar-refractivity contribution in [1.29, 1.82) is 0 Å². The molecular formula is C23H21FO4S. The number of phenolic OH excluding ortho intramolecular Hbond substituents is 1. The summed E-state index contributed by atoms with van der Waals surface area (Å²) in [6.07, 6.45) is -0.354. The predicted octanol–water partition coefficient (Wildman–Crippen LogP) is 5.79. The van der Waals surface area contributed by atoms with Gasteiger partial charge in [-0.2, -0.15) is 0 Å². The van der Waals surface area contributed by atoms with Gasteiger partial charge in [0.2, 0.25) is 0 Å². The lowest BCUT2D eigenvalue weighted by molar-refractivity contribution is 0.0510. The quantitative estimate of drug-likeness (QED) is 0.538. The first-order chi connectivity index (χ1) is 14.1. The van der Waals surface area contributed by atoms with E-state index in [1.165, 1.54) is 11.8 Å². The molecule has 6 heteroatoms. The van der Waals surface area contributed by atoms with Crippen LogP contribution in [0.3, 0.4) is 0 Å². The van der Waals surface area contributed by atoms with Gasteiger partial charge in [-0.1, -0.05) is 30.3 Å². The monoisotopic (exact) mass is 412 g/mol. The van der Waals surface area contributed by atoms with E-state index in [0.29, 0.717) is 22.0 Å². The third kappa shape index (κ3) is 4.04. The van der Waals surface area contributed by atoms with Crippen LogP contribution in [0.2, 0.25) is 0 Å². The smallest absolute Gasteiger partial charge is 0.188 e. The Morgan fingerprint density at radius 1 is 1.07 bits per heavy atom. The van der Waals surface area contributed by atoms with Crippen molar-refractivity contribution in [3.8, 4) is 17.2 Å². The highest BCUT2D eigenvalue weighted by Crippen LogP contribution is 2.54.